The largest absolute Gasteiger partial charge is 0.497 e. The minimum Gasteiger partial charge on any atom is -0.497 e. The van der Waals surface area contributed by atoms with Crippen molar-refractivity contribution in [3.63, 3.8) is 0 Å². The Morgan fingerprint density at radius 3 is 2.11 bits per heavy atom. The van der Waals surface area contributed by atoms with Gasteiger partial charge in [0.2, 0.25) is 0 Å². The van der Waals surface area contributed by atoms with Crippen LogP contribution in [0.2, 0.25) is 0 Å². The number of nitrogen functional groups attached to an aromatic ring is 1. The molecule has 2 aromatic carbocycles. The highest BCUT2D eigenvalue weighted by atomic mass is 16.5. The zero-order valence-corrected chi connectivity index (χ0v) is 11.1. The van der Waals surface area contributed by atoms with Gasteiger partial charge in [-0.05, 0) is 17.7 Å². The average molecular weight is 259 g/mol. The van der Waals surface area contributed by atoms with Crippen molar-refractivity contribution in [3.05, 3.63) is 48.0 Å². The van der Waals surface area contributed by atoms with Crippen LogP contribution in [0, 0.1) is 0 Å². The maximum atomic E-state index is 5.77. The van der Waals surface area contributed by atoms with Crippen LogP contribution < -0.4 is 19.9 Å². The molecule has 4 heteroatoms. The molecule has 4 nitrogen and oxygen atoms in total. The topological polar surface area (TPSA) is 53.7 Å². The van der Waals surface area contributed by atoms with E-state index >= 15 is 0 Å². The number of benzene rings is 2. The second-order valence-corrected chi connectivity index (χ2v) is 4.08. The molecule has 0 spiro atoms. The summed E-state index contributed by atoms with van der Waals surface area (Å²) in [4.78, 5) is 0. The lowest BCUT2D eigenvalue weighted by molar-refractivity contribution is 0.303. The lowest BCUT2D eigenvalue weighted by atomic mass is 10.2. The summed E-state index contributed by atoms with van der Waals surface area (Å²) in [6.07, 6.45) is 0. The second kappa shape index (κ2) is 6.00. The van der Waals surface area contributed by atoms with E-state index < -0.39 is 0 Å². The zero-order valence-electron chi connectivity index (χ0n) is 11.1. The predicted molar refractivity (Wildman–Crippen MR) is 74.7 cm³/mol. The van der Waals surface area contributed by atoms with E-state index in [1.165, 1.54) is 0 Å². The molecular formula is C15H17NO3. The molecule has 0 amide bonds. The molecule has 2 aromatic rings. The Morgan fingerprint density at radius 2 is 1.47 bits per heavy atom. The fraction of sp³-hybridized carbons (Fsp3) is 0.200. The molecule has 0 aliphatic rings. The molecule has 2 N–H and O–H groups in total. The van der Waals surface area contributed by atoms with Gasteiger partial charge in [-0.2, -0.15) is 0 Å². The van der Waals surface area contributed by atoms with Crippen LogP contribution in [0.5, 0.6) is 17.2 Å². The van der Waals surface area contributed by atoms with Crippen LogP contribution in [0.3, 0.4) is 0 Å². The number of hydrogen-bond acceptors (Lipinski definition) is 4. The minimum absolute atomic E-state index is 0.469. The highest BCUT2D eigenvalue weighted by Gasteiger charge is 2.01. The van der Waals surface area contributed by atoms with Gasteiger partial charge in [-0.1, -0.05) is 12.1 Å². The summed E-state index contributed by atoms with van der Waals surface area (Å²) in [5.74, 6) is 2.20. The molecule has 2 rings (SSSR count). The van der Waals surface area contributed by atoms with Gasteiger partial charge in [0.05, 0.1) is 14.2 Å². The first kappa shape index (κ1) is 13.1. The van der Waals surface area contributed by atoms with Crippen LogP contribution in [0.1, 0.15) is 5.56 Å². The number of hydrogen-bond donors (Lipinski definition) is 1. The van der Waals surface area contributed by atoms with Crippen LogP contribution in [0.15, 0.2) is 42.5 Å². The lowest BCUT2D eigenvalue weighted by Gasteiger charge is -2.09. The summed E-state index contributed by atoms with van der Waals surface area (Å²) < 4.78 is 15.9. The molecular weight excluding hydrogens is 242 g/mol. The molecule has 0 aliphatic carbocycles. The van der Waals surface area contributed by atoms with Crippen molar-refractivity contribution < 1.29 is 14.2 Å². The fourth-order valence-electron chi connectivity index (χ4n) is 1.68. The molecule has 19 heavy (non-hydrogen) atoms. The Balaban J connectivity index is 2.03. The van der Waals surface area contributed by atoms with E-state index in [0.717, 1.165) is 11.3 Å². The Hall–Kier alpha value is -2.36. The second-order valence-electron chi connectivity index (χ2n) is 4.08. The van der Waals surface area contributed by atoms with Crippen LogP contribution in [-0.4, -0.2) is 14.2 Å². The summed E-state index contributed by atoms with van der Waals surface area (Å²) in [5.41, 5.74) is 7.44. The van der Waals surface area contributed by atoms with Crippen LogP contribution in [-0.2, 0) is 6.61 Å². The van der Waals surface area contributed by atoms with Crippen LogP contribution >= 0.6 is 0 Å². The van der Waals surface area contributed by atoms with E-state index in [4.69, 9.17) is 19.9 Å². The molecule has 0 fully saturated rings. The van der Waals surface area contributed by atoms with Crippen molar-refractivity contribution in [3.8, 4) is 17.2 Å². The molecule has 0 saturated heterocycles. The van der Waals surface area contributed by atoms with Gasteiger partial charge >= 0.3 is 0 Å². The average Bonchev–Trinajstić information content (AvgIpc) is 2.45. The zero-order chi connectivity index (χ0) is 13.7. The minimum atomic E-state index is 0.469. The molecule has 0 heterocycles. The first-order valence-electron chi connectivity index (χ1n) is 5.91. The van der Waals surface area contributed by atoms with Crippen LogP contribution in [0.4, 0.5) is 5.69 Å². The Morgan fingerprint density at radius 1 is 0.842 bits per heavy atom. The van der Waals surface area contributed by atoms with Gasteiger partial charge < -0.3 is 19.9 Å². The molecule has 0 radical (unpaired) electrons. The molecule has 0 unspecified atom stereocenters. The van der Waals surface area contributed by atoms with Gasteiger partial charge in [0.25, 0.3) is 0 Å². The quantitative estimate of drug-likeness (QED) is 0.839. The molecule has 0 atom stereocenters. The summed E-state index contributed by atoms with van der Waals surface area (Å²) >= 11 is 0. The van der Waals surface area contributed by atoms with Crippen molar-refractivity contribution in [2.75, 3.05) is 20.0 Å². The van der Waals surface area contributed by atoms with E-state index in [1.807, 2.05) is 24.3 Å². The third-order valence-corrected chi connectivity index (χ3v) is 2.70. The SMILES string of the molecule is COc1ccc(COc2cc(N)cc(OC)c2)cc1. The van der Waals surface area contributed by atoms with Crippen molar-refractivity contribution >= 4 is 5.69 Å². The van der Waals surface area contributed by atoms with E-state index in [-0.39, 0.29) is 0 Å². The van der Waals surface area contributed by atoms with Gasteiger partial charge in [0, 0.05) is 23.9 Å². The first-order chi connectivity index (χ1) is 9.21. The normalized spacial score (nSPS) is 10.0. The fourth-order valence-corrected chi connectivity index (χ4v) is 1.68. The first-order valence-corrected chi connectivity index (χ1v) is 5.91. The molecule has 0 bridgehead atoms. The number of anilines is 1. The Labute approximate surface area is 112 Å². The molecule has 100 valence electrons. The smallest absolute Gasteiger partial charge is 0.125 e. The highest BCUT2D eigenvalue weighted by Crippen LogP contribution is 2.25. The lowest BCUT2D eigenvalue weighted by Crippen LogP contribution is -1.97. The van der Waals surface area contributed by atoms with E-state index in [0.29, 0.717) is 23.8 Å². The van der Waals surface area contributed by atoms with Crippen LogP contribution in [0.25, 0.3) is 0 Å². The Bertz CT molecular complexity index is 538. The van der Waals surface area contributed by atoms with E-state index in [2.05, 4.69) is 0 Å². The van der Waals surface area contributed by atoms with E-state index in [1.54, 1.807) is 32.4 Å². The van der Waals surface area contributed by atoms with Crippen molar-refractivity contribution in [2.45, 2.75) is 6.61 Å². The summed E-state index contributed by atoms with van der Waals surface area (Å²) in [6.45, 7) is 0.469. The number of rotatable bonds is 5. The Kier molecular flexibility index (Phi) is 4.13. The molecule has 0 aliphatic heterocycles. The van der Waals surface area contributed by atoms with Gasteiger partial charge in [0.1, 0.15) is 23.9 Å². The maximum Gasteiger partial charge on any atom is 0.125 e. The van der Waals surface area contributed by atoms with Gasteiger partial charge in [0.15, 0.2) is 0 Å². The summed E-state index contributed by atoms with van der Waals surface area (Å²) in [5, 5.41) is 0. The van der Waals surface area contributed by atoms with Gasteiger partial charge in [-0.15, -0.1) is 0 Å². The van der Waals surface area contributed by atoms with Crippen molar-refractivity contribution in [1.29, 1.82) is 0 Å². The van der Waals surface area contributed by atoms with Crippen molar-refractivity contribution in [1.82, 2.24) is 0 Å². The number of methoxy groups -OCH3 is 2. The molecule has 0 saturated carbocycles. The number of ether oxygens (including phenoxy) is 3. The number of nitrogens with two attached hydrogens (primary N) is 1. The standard InChI is InChI=1S/C15H17NO3/c1-17-13-5-3-11(4-6-13)10-19-15-8-12(16)7-14(9-15)18-2/h3-9H,10,16H2,1-2H3. The monoisotopic (exact) mass is 259 g/mol. The van der Waals surface area contributed by atoms with E-state index in [9.17, 15) is 0 Å². The maximum absolute atomic E-state index is 5.77. The third-order valence-electron chi connectivity index (χ3n) is 2.70. The summed E-state index contributed by atoms with van der Waals surface area (Å²) in [6, 6.07) is 13.0. The van der Waals surface area contributed by atoms with Gasteiger partial charge in [-0.25, -0.2) is 0 Å². The third kappa shape index (κ3) is 3.55. The van der Waals surface area contributed by atoms with Crippen molar-refractivity contribution in [2.24, 2.45) is 0 Å². The molecule has 0 aromatic heterocycles. The highest BCUT2D eigenvalue weighted by molar-refractivity contribution is 5.50. The summed E-state index contributed by atoms with van der Waals surface area (Å²) in [7, 11) is 3.24. The van der Waals surface area contributed by atoms with Gasteiger partial charge in [-0.3, -0.25) is 0 Å². The predicted octanol–water partition coefficient (Wildman–Crippen LogP) is 2.87.